The Bertz CT molecular complexity index is 749. The lowest BCUT2D eigenvalue weighted by molar-refractivity contribution is 0.0462. The smallest absolute Gasteiger partial charge is 0.337 e. The Kier molecular flexibility index (Phi) is 5.68. The fourth-order valence-electron chi connectivity index (χ4n) is 3.39. The molecular formula is C21H23NO4. The molecule has 2 aromatic carbocycles. The highest BCUT2D eigenvalue weighted by Crippen LogP contribution is 2.31. The van der Waals surface area contributed by atoms with E-state index in [0.29, 0.717) is 24.2 Å². The summed E-state index contributed by atoms with van der Waals surface area (Å²) >= 11 is 0. The second kappa shape index (κ2) is 8.15. The number of methoxy groups -OCH3 is 1. The molecular weight excluding hydrogens is 330 g/mol. The van der Waals surface area contributed by atoms with Gasteiger partial charge in [-0.05, 0) is 48.6 Å². The highest BCUT2D eigenvalue weighted by atomic mass is 16.5. The topological polar surface area (TPSA) is 66.8 Å². The number of esters is 1. The molecule has 1 saturated heterocycles. The first-order chi connectivity index (χ1) is 12.6. The number of ether oxygens (including phenoxy) is 1. The second-order valence-electron chi connectivity index (χ2n) is 6.55. The van der Waals surface area contributed by atoms with Crippen LogP contribution in [0.3, 0.4) is 0 Å². The van der Waals surface area contributed by atoms with Gasteiger partial charge in [-0.2, -0.15) is 0 Å². The second-order valence-corrected chi connectivity index (χ2v) is 6.55. The van der Waals surface area contributed by atoms with E-state index >= 15 is 0 Å². The molecule has 1 atom stereocenters. The lowest BCUT2D eigenvalue weighted by Gasteiger charge is -2.34. The van der Waals surface area contributed by atoms with E-state index in [0.717, 1.165) is 18.4 Å². The maximum Gasteiger partial charge on any atom is 0.337 e. The monoisotopic (exact) mass is 353 g/mol. The summed E-state index contributed by atoms with van der Waals surface area (Å²) in [6.07, 6.45) is 1.04. The van der Waals surface area contributed by atoms with E-state index in [2.05, 4.69) is 4.74 Å². The molecule has 1 aliphatic heterocycles. The van der Waals surface area contributed by atoms with Crippen molar-refractivity contribution in [3.05, 3.63) is 71.3 Å². The van der Waals surface area contributed by atoms with Gasteiger partial charge in [0.15, 0.2) is 0 Å². The molecule has 0 saturated carbocycles. The number of nitrogens with zero attached hydrogens (tertiary/aromatic N) is 1. The summed E-state index contributed by atoms with van der Waals surface area (Å²) in [7, 11) is 1.33. The van der Waals surface area contributed by atoms with Crippen LogP contribution in [-0.4, -0.2) is 42.1 Å². The van der Waals surface area contributed by atoms with Crippen LogP contribution in [0.5, 0.6) is 0 Å². The molecule has 0 aromatic heterocycles. The zero-order valence-corrected chi connectivity index (χ0v) is 14.8. The summed E-state index contributed by atoms with van der Waals surface area (Å²) in [5.74, 6) is -0.308. The van der Waals surface area contributed by atoms with Gasteiger partial charge in [-0.1, -0.05) is 30.3 Å². The lowest BCUT2D eigenvalue weighted by atomic mass is 9.87. The van der Waals surface area contributed by atoms with Gasteiger partial charge in [-0.3, -0.25) is 4.79 Å². The quantitative estimate of drug-likeness (QED) is 0.858. The van der Waals surface area contributed by atoms with Crippen molar-refractivity contribution in [1.82, 2.24) is 4.90 Å². The molecule has 1 unspecified atom stereocenters. The van der Waals surface area contributed by atoms with Gasteiger partial charge in [0.2, 0.25) is 0 Å². The standard InChI is InChI=1S/C21H23NO4/c1-26-21(25)18-9-7-17(8-10-18)20(24)22-13-11-16(12-14-22)19(23)15-5-3-2-4-6-15/h2-10,16,19,23H,11-14H2,1H3. The highest BCUT2D eigenvalue weighted by molar-refractivity contribution is 5.96. The van der Waals surface area contributed by atoms with Crippen LogP contribution in [0.15, 0.2) is 54.6 Å². The lowest BCUT2D eigenvalue weighted by Crippen LogP contribution is -2.39. The van der Waals surface area contributed by atoms with E-state index in [4.69, 9.17) is 0 Å². The number of hydrogen-bond acceptors (Lipinski definition) is 4. The summed E-state index contributed by atoms with van der Waals surface area (Å²) < 4.78 is 4.67. The summed E-state index contributed by atoms with van der Waals surface area (Å²) in [6, 6.07) is 16.2. The van der Waals surface area contributed by atoms with Crippen LogP contribution in [0.2, 0.25) is 0 Å². The zero-order chi connectivity index (χ0) is 18.5. The van der Waals surface area contributed by atoms with Crippen molar-refractivity contribution in [2.24, 2.45) is 5.92 Å². The minimum Gasteiger partial charge on any atom is -0.465 e. The molecule has 5 nitrogen and oxygen atoms in total. The molecule has 1 N–H and O–H groups in total. The largest absolute Gasteiger partial charge is 0.465 e. The Balaban J connectivity index is 1.59. The van der Waals surface area contributed by atoms with Crippen molar-refractivity contribution in [3.8, 4) is 0 Å². The Hall–Kier alpha value is -2.66. The molecule has 1 amide bonds. The summed E-state index contributed by atoms with van der Waals surface area (Å²) in [5.41, 5.74) is 1.91. The van der Waals surface area contributed by atoms with Crippen LogP contribution in [0.1, 0.15) is 45.2 Å². The Morgan fingerprint density at radius 2 is 1.58 bits per heavy atom. The van der Waals surface area contributed by atoms with Gasteiger partial charge in [-0.15, -0.1) is 0 Å². The van der Waals surface area contributed by atoms with Gasteiger partial charge in [0.1, 0.15) is 0 Å². The molecule has 5 heteroatoms. The highest BCUT2D eigenvalue weighted by Gasteiger charge is 2.28. The third-order valence-electron chi connectivity index (χ3n) is 4.97. The molecule has 0 radical (unpaired) electrons. The molecule has 3 rings (SSSR count). The molecule has 1 fully saturated rings. The SMILES string of the molecule is COC(=O)c1ccc(C(=O)N2CCC(C(O)c3ccccc3)CC2)cc1. The first-order valence-electron chi connectivity index (χ1n) is 8.81. The van der Waals surface area contributed by atoms with Gasteiger partial charge < -0.3 is 14.7 Å². The number of hydrogen-bond donors (Lipinski definition) is 1. The van der Waals surface area contributed by atoms with Gasteiger partial charge in [-0.25, -0.2) is 4.79 Å². The summed E-state index contributed by atoms with van der Waals surface area (Å²) in [6.45, 7) is 1.23. The number of carbonyl (C=O) groups excluding carboxylic acids is 2. The van der Waals surface area contributed by atoms with Crippen molar-refractivity contribution in [2.75, 3.05) is 20.2 Å². The number of aliphatic hydroxyl groups is 1. The average molecular weight is 353 g/mol. The Morgan fingerprint density at radius 1 is 1.00 bits per heavy atom. The molecule has 1 heterocycles. The van der Waals surface area contributed by atoms with E-state index in [1.54, 1.807) is 29.2 Å². The normalized spacial score (nSPS) is 16.2. The predicted octanol–water partition coefficient (Wildman–Crippen LogP) is 3.06. The van der Waals surface area contributed by atoms with E-state index in [1.165, 1.54) is 7.11 Å². The molecule has 1 aliphatic rings. The van der Waals surface area contributed by atoms with E-state index in [-0.39, 0.29) is 11.8 Å². The van der Waals surface area contributed by atoms with Gasteiger partial charge in [0.25, 0.3) is 5.91 Å². The maximum atomic E-state index is 12.6. The Labute approximate surface area is 153 Å². The molecule has 0 spiro atoms. The number of amides is 1. The van der Waals surface area contributed by atoms with Crippen LogP contribution < -0.4 is 0 Å². The van der Waals surface area contributed by atoms with Crippen molar-refractivity contribution in [3.63, 3.8) is 0 Å². The van der Waals surface area contributed by atoms with Crippen LogP contribution in [0.25, 0.3) is 0 Å². The van der Waals surface area contributed by atoms with Gasteiger partial charge >= 0.3 is 5.97 Å². The molecule has 26 heavy (non-hydrogen) atoms. The molecule has 2 aromatic rings. The zero-order valence-electron chi connectivity index (χ0n) is 14.8. The van der Waals surface area contributed by atoms with Crippen LogP contribution in [-0.2, 0) is 4.74 Å². The van der Waals surface area contributed by atoms with Crippen LogP contribution in [0.4, 0.5) is 0 Å². The molecule has 0 bridgehead atoms. The summed E-state index contributed by atoms with van der Waals surface area (Å²) in [5, 5.41) is 10.5. The minimum atomic E-state index is -0.493. The first-order valence-corrected chi connectivity index (χ1v) is 8.81. The van der Waals surface area contributed by atoms with Crippen LogP contribution in [0, 0.1) is 5.92 Å². The maximum absolute atomic E-state index is 12.6. The van der Waals surface area contributed by atoms with E-state index < -0.39 is 12.1 Å². The fourth-order valence-corrected chi connectivity index (χ4v) is 3.39. The van der Waals surface area contributed by atoms with Crippen molar-refractivity contribution in [1.29, 1.82) is 0 Å². The predicted molar refractivity (Wildman–Crippen MR) is 97.8 cm³/mol. The minimum absolute atomic E-state index is 0.0472. The number of benzene rings is 2. The van der Waals surface area contributed by atoms with Crippen molar-refractivity contribution >= 4 is 11.9 Å². The van der Waals surface area contributed by atoms with E-state index in [1.807, 2.05) is 30.3 Å². The van der Waals surface area contributed by atoms with Gasteiger partial charge in [0, 0.05) is 18.7 Å². The third-order valence-corrected chi connectivity index (χ3v) is 4.97. The van der Waals surface area contributed by atoms with E-state index in [9.17, 15) is 14.7 Å². The van der Waals surface area contributed by atoms with Crippen molar-refractivity contribution < 1.29 is 19.4 Å². The average Bonchev–Trinajstić information content (AvgIpc) is 2.73. The van der Waals surface area contributed by atoms with Crippen LogP contribution >= 0.6 is 0 Å². The number of rotatable bonds is 4. The third kappa shape index (κ3) is 3.94. The van der Waals surface area contributed by atoms with Gasteiger partial charge in [0.05, 0.1) is 18.8 Å². The number of piperidine rings is 1. The number of aliphatic hydroxyl groups excluding tert-OH is 1. The number of likely N-dealkylation sites (tertiary alicyclic amines) is 1. The summed E-state index contributed by atoms with van der Waals surface area (Å²) in [4.78, 5) is 25.9. The van der Waals surface area contributed by atoms with Crippen molar-refractivity contribution in [2.45, 2.75) is 18.9 Å². The first kappa shape index (κ1) is 18.1. The Morgan fingerprint density at radius 3 is 2.15 bits per heavy atom. The molecule has 136 valence electrons. The fraction of sp³-hybridized carbons (Fsp3) is 0.333. The number of carbonyl (C=O) groups is 2. The molecule has 0 aliphatic carbocycles.